The van der Waals surface area contributed by atoms with Crippen molar-refractivity contribution in [2.24, 2.45) is 0 Å². The van der Waals surface area contributed by atoms with Crippen LogP contribution in [0.4, 0.5) is 11.4 Å². The van der Waals surface area contributed by atoms with Gasteiger partial charge in [-0.25, -0.2) is 0 Å². The summed E-state index contributed by atoms with van der Waals surface area (Å²) < 4.78 is 5.59. The second-order valence-electron chi connectivity index (χ2n) is 4.38. The number of carbonyl (C=O) groups excluding carboxylic acids is 1. The lowest BCUT2D eigenvalue weighted by Crippen LogP contribution is -2.47. The summed E-state index contributed by atoms with van der Waals surface area (Å²) in [6.45, 7) is 4.56. The van der Waals surface area contributed by atoms with Crippen LogP contribution in [-0.2, 0) is 4.79 Å². The number of amides is 1. The highest BCUT2D eigenvalue weighted by atomic mass is 16.5. The lowest BCUT2D eigenvalue weighted by atomic mass is 10.2. The molecule has 0 aromatic heterocycles. The van der Waals surface area contributed by atoms with Crippen molar-refractivity contribution in [2.45, 2.75) is 13.3 Å². The van der Waals surface area contributed by atoms with Crippen LogP contribution in [0.2, 0.25) is 0 Å². The Bertz CT molecular complexity index is 434. The molecule has 0 unspecified atom stereocenters. The van der Waals surface area contributed by atoms with Crippen LogP contribution in [0.3, 0.4) is 0 Å². The van der Waals surface area contributed by atoms with Gasteiger partial charge in [-0.05, 0) is 12.5 Å². The lowest BCUT2D eigenvalue weighted by Gasteiger charge is -2.29. The van der Waals surface area contributed by atoms with Gasteiger partial charge in [0.2, 0.25) is 5.91 Å². The van der Waals surface area contributed by atoms with E-state index in [1.54, 1.807) is 0 Å². The zero-order valence-electron chi connectivity index (χ0n) is 10.6. The fourth-order valence-corrected chi connectivity index (χ4v) is 1.95. The van der Waals surface area contributed by atoms with Crippen molar-refractivity contribution in [1.29, 1.82) is 0 Å². The van der Waals surface area contributed by atoms with E-state index in [2.05, 4.69) is 12.2 Å². The number of hydrogen-bond donors (Lipinski definition) is 2. The van der Waals surface area contributed by atoms with E-state index < -0.39 is 0 Å². The fourth-order valence-electron chi connectivity index (χ4n) is 1.95. The van der Waals surface area contributed by atoms with Gasteiger partial charge in [0.05, 0.1) is 13.2 Å². The molecule has 1 fully saturated rings. The quantitative estimate of drug-likeness (QED) is 0.781. The number of hydrogen-bond acceptors (Lipinski definition) is 4. The molecule has 1 aliphatic rings. The van der Waals surface area contributed by atoms with Crippen LogP contribution in [0.15, 0.2) is 18.2 Å². The smallest absolute Gasteiger partial charge is 0.239 e. The molecule has 0 bridgehead atoms. The molecule has 2 rings (SSSR count). The normalized spacial score (nSPS) is 15.4. The average molecular weight is 249 g/mol. The standard InChI is InChI=1S/C13H19N3O2/c1-2-5-18-12-7-10(14)6-11(8-12)16-4-3-15-13(17)9-16/h6-8H,2-5,9,14H2,1H3,(H,15,17). The first-order valence-electron chi connectivity index (χ1n) is 6.24. The van der Waals surface area contributed by atoms with Gasteiger partial charge < -0.3 is 20.7 Å². The zero-order chi connectivity index (χ0) is 13.0. The van der Waals surface area contributed by atoms with Gasteiger partial charge in [-0.15, -0.1) is 0 Å². The van der Waals surface area contributed by atoms with E-state index in [1.165, 1.54) is 0 Å². The second kappa shape index (κ2) is 5.62. The molecule has 98 valence electrons. The third kappa shape index (κ3) is 3.06. The number of benzene rings is 1. The van der Waals surface area contributed by atoms with Crippen molar-refractivity contribution in [2.75, 3.05) is 36.9 Å². The highest BCUT2D eigenvalue weighted by Crippen LogP contribution is 2.26. The number of ether oxygens (including phenoxy) is 1. The van der Waals surface area contributed by atoms with E-state index in [9.17, 15) is 4.79 Å². The van der Waals surface area contributed by atoms with Crippen molar-refractivity contribution in [1.82, 2.24) is 5.32 Å². The van der Waals surface area contributed by atoms with Crippen LogP contribution in [0.25, 0.3) is 0 Å². The van der Waals surface area contributed by atoms with Gasteiger partial charge in [0.15, 0.2) is 0 Å². The highest BCUT2D eigenvalue weighted by Gasteiger charge is 2.17. The average Bonchev–Trinajstić information content (AvgIpc) is 2.36. The van der Waals surface area contributed by atoms with E-state index in [4.69, 9.17) is 10.5 Å². The number of carbonyl (C=O) groups is 1. The summed E-state index contributed by atoms with van der Waals surface area (Å²) in [4.78, 5) is 13.4. The van der Waals surface area contributed by atoms with Gasteiger partial charge >= 0.3 is 0 Å². The van der Waals surface area contributed by atoms with Gasteiger partial charge in [-0.1, -0.05) is 6.92 Å². The Labute approximate surface area is 107 Å². The van der Waals surface area contributed by atoms with Crippen LogP contribution in [-0.4, -0.2) is 32.1 Å². The molecule has 0 saturated carbocycles. The summed E-state index contributed by atoms with van der Waals surface area (Å²) in [6, 6.07) is 5.62. The topological polar surface area (TPSA) is 67.6 Å². The molecule has 1 aromatic rings. The van der Waals surface area contributed by atoms with Gasteiger partial charge in [0, 0.05) is 36.6 Å². The first-order valence-corrected chi connectivity index (χ1v) is 6.24. The van der Waals surface area contributed by atoms with Crippen molar-refractivity contribution in [3.05, 3.63) is 18.2 Å². The fraction of sp³-hybridized carbons (Fsp3) is 0.462. The summed E-state index contributed by atoms with van der Waals surface area (Å²) in [5, 5.41) is 2.80. The molecular weight excluding hydrogens is 230 g/mol. The Balaban J connectivity index is 2.16. The largest absolute Gasteiger partial charge is 0.493 e. The summed E-state index contributed by atoms with van der Waals surface area (Å²) >= 11 is 0. The number of nitrogens with zero attached hydrogens (tertiary/aromatic N) is 1. The third-order valence-corrected chi connectivity index (χ3v) is 2.79. The lowest BCUT2D eigenvalue weighted by molar-refractivity contribution is -0.120. The van der Waals surface area contributed by atoms with Crippen LogP contribution < -0.4 is 20.7 Å². The summed E-state index contributed by atoms with van der Waals surface area (Å²) in [5.41, 5.74) is 7.46. The SMILES string of the molecule is CCCOc1cc(N)cc(N2CCNC(=O)C2)c1. The summed E-state index contributed by atoms with van der Waals surface area (Å²) in [7, 11) is 0. The molecule has 0 spiro atoms. The van der Waals surface area contributed by atoms with Gasteiger partial charge in [0.1, 0.15) is 5.75 Å². The Hall–Kier alpha value is -1.91. The molecule has 3 N–H and O–H groups in total. The van der Waals surface area contributed by atoms with Crippen LogP contribution in [0, 0.1) is 0 Å². The Morgan fingerprint density at radius 1 is 1.44 bits per heavy atom. The van der Waals surface area contributed by atoms with E-state index >= 15 is 0 Å². The minimum atomic E-state index is 0.0414. The van der Waals surface area contributed by atoms with E-state index in [1.807, 2.05) is 23.1 Å². The minimum absolute atomic E-state index is 0.0414. The predicted octanol–water partition coefficient (Wildman–Crippen LogP) is 0.994. The zero-order valence-corrected chi connectivity index (χ0v) is 10.6. The maximum Gasteiger partial charge on any atom is 0.239 e. The molecule has 0 radical (unpaired) electrons. The molecule has 1 aliphatic heterocycles. The van der Waals surface area contributed by atoms with Gasteiger partial charge in [-0.3, -0.25) is 4.79 Å². The molecule has 0 atom stereocenters. The molecule has 5 heteroatoms. The third-order valence-electron chi connectivity index (χ3n) is 2.79. The second-order valence-corrected chi connectivity index (χ2v) is 4.38. The van der Waals surface area contributed by atoms with Crippen molar-refractivity contribution in [3.63, 3.8) is 0 Å². The van der Waals surface area contributed by atoms with Crippen molar-refractivity contribution < 1.29 is 9.53 Å². The number of rotatable bonds is 4. The summed E-state index contributed by atoms with van der Waals surface area (Å²) in [6.07, 6.45) is 0.955. The molecule has 1 heterocycles. The number of nitrogens with two attached hydrogens (primary N) is 1. The highest BCUT2D eigenvalue weighted by molar-refractivity contribution is 5.83. The van der Waals surface area contributed by atoms with Crippen LogP contribution in [0.5, 0.6) is 5.75 Å². The first-order chi connectivity index (χ1) is 8.69. The maximum absolute atomic E-state index is 11.4. The molecule has 18 heavy (non-hydrogen) atoms. The molecule has 1 amide bonds. The maximum atomic E-state index is 11.4. The number of piperazine rings is 1. The monoisotopic (exact) mass is 249 g/mol. The van der Waals surface area contributed by atoms with E-state index in [0.29, 0.717) is 25.4 Å². The molecule has 1 aromatic carbocycles. The van der Waals surface area contributed by atoms with Gasteiger partial charge in [-0.2, -0.15) is 0 Å². The van der Waals surface area contributed by atoms with Crippen molar-refractivity contribution in [3.8, 4) is 5.75 Å². The van der Waals surface area contributed by atoms with Crippen LogP contribution in [0.1, 0.15) is 13.3 Å². The van der Waals surface area contributed by atoms with Gasteiger partial charge in [0.25, 0.3) is 0 Å². The minimum Gasteiger partial charge on any atom is -0.493 e. The first kappa shape index (κ1) is 12.5. The molecule has 5 nitrogen and oxygen atoms in total. The number of nitrogen functional groups attached to an aromatic ring is 1. The Morgan fingerprint density at radius 2 is 2.28 bits per heavy atom. The predicted molar refractivity (Wildman–Crippen MR) is 71.9 cm³/mol. The Morgan fingerprint density at radius 3 is 3.00 bits per heavy atom. The Kier molecular flexibility index (Phi) is 3.92. The van der Waals surface area contributed by atoms with E-state index in [0.717, 1.165) is 24.4 Å². The number of nitrogens with one attached hydrogen (secondary N) is 1. The van der Waals surface area contributed by atoms with E-state index in [-0.39, 0.29) is 5.91 Å². The van der Waals surface area contributed by atoms with Crippen molar-refractivity contribution >= 4 is 17.3 Å². The summed E-state index contributed by atoms with van der Waals surface area (Å²) in [5.74, 6) is 0.803. The molecule has 1 saturated heterocycles. The molecular formula is C13H19N3O2. The van der Waals surface area contributed by atoms with Crippen LogP contribution >= 0.6 is 0 Å². The molecule has 0 aliphatic carbocycles. The number of anilines is 2.